The van der Waals surface area contributed by atoms with Crippen LogP contribution in [0.15, 0.2) is 23.1 Å². The summed E-state index contributed by atoms with van der Waals surface area (Å²) < 4.78 is 36.3. The van der Waals surface area contributed by atoms with Crippen LogP contribution in [0.4, 0.5) is 0 Å². The van der Waals surface area contributed by atoms with Crippen molar-refractivity contribution in [1.29, 1.82) is 0 Å². The number of carbonyl (C=O) groups is 1. The van der Waals surface area contributed by atoms with Crippen LogP contribution in [-0.2, 0) is 14.6 Å². The summed E-state index contributed by atoms with van der Waals surface area (Å²) >= 11 is 0. The minimum absolute atomic E-state index is 0.000698. The van der Waals surface area contributed by atoms with Crippen molar-refractivity contribution >= 4 is 15.7 Å². The van der Waals surface area contributed by atoms with Gasteiger partial charge in [0.2, 0.25) is 5.91 Å². The van der Waals surface area contributed by atoms with E-state index >= 15 is 0 Å². The molecule has 0 bridgehead atoms. The lowest BCUT2D eigenvalue weighted by Gasteiger charge is -2.34. The number of rotatable bonds is 7. The summed E-state index contributed by atoms with van der Waals surface area (Å²) in [7, 11) is -3.56. The van der Waals surface area contributed by atoms with Gasteiger partial charge in [0.25, 0.3) is 0 Å². The number of amides is 1. The standard InChI is InChI=1S/C19H28N2O5S/c1-2-10-21(15-5-8-20-9-6-15)19(22)7-13-27(23,24)16-3-4-17-18(14-16)26-12-11-25-17/h3-4,14-15,20H,2,5-13H2,1H3. The molecule has 0 radical (unpaired) electrons. The van der Waals surface area contributed by atoms with Crippen LogP contribution in [0.5, 0.6) is 11.5 Å². The van der Waals surface area contributed by atoms with Gasteiger partial charge in [-0.05, 0) is 44.5 Å². The Kier molecular flexibility index (Phi) is 6.59. The summed E-state index contributed by atoms with van der Waals surface area (Å²) in [4.78, 5) is 14.8. The molecule has 7 nitrogen and oxygen atoms in total. The Morgan fingerprint density at radius 3 is 2.59 bits per heavy atom. The first-order valence-electron chi connectivity index (χ1n) is 9.64. The molecule has 0 spiro atoms. The van der Waals surface area contributed by atoms with Crippen LogP contribution in [-0.4, -0.2) is 63.9 Å². The monoisotopic (exact) mass is 396 g/mol. The number of hydrogen-bond donors (Lipinski definition) is 1. The zero-order chi connectivity index (χ0) is 19.3. The zero-order valence-electron chi connectivity index (χ0n) is 15.8. The zero-order valence-corrected chi connectivity index (χ0v) is 16.6. The van der Waals surface area contributed by atoms with E-state index in [0.717, 1.165) is 32.4 Å². The van der Waals surface area contributed by atoms with E-state index in [-0.39, 0.29) is 29.0 Å². The normalized spacial score (nSPS) is 17.5. The molecule has 0 saturated carbocycles. The summed E-state index contributed by atoms with van der Waals surface area (Å²) in [6, 6.07) is 4.83. The number of sulfone groups is 1. The molecular weight excluding hydrogens is 368 g/mol. The minimum Gasteiger partial charge on any atom is -0.486 e. The quantitative estimate of drug-likeness (QED) is 0.754. The maximum absolute atomic E-state index is 12.7. The fourth-order valence-corrected chi connectivity index (χ4v) is 4.81. The van der Waals surface area contributed by atoms with E-state index in [0.29, 0.717) is 31.3 Å². The highest BCUT2D eigenvalue weighted by Crippen LogP contribution is 2.32. The predicted octanol–water partition coefficient (Wildman–Crippen LogP) is 1.61. The molecule has 150 valence electrons. The Balaban J connectivity index is 1.65. The SMILES string of the molecule is CCCN(C(=O)CCS(=O)(=O)c1ccc2c(c1)OCCO2)C1CCNCC1. The number of fused-ring (bicyclic) bond motifs is 1. The lowest BCUT2D eigenvalue weighted by atomic mass is 10.0. The molecule has 0 aromatic heterocycles. The van der Waals surface area contributed by atoms with Gasteiger partial charge < -0.3 is 19.7 Å². The number of hydrogen-bond acceptors (Lipinski definition) is 6. The van der Waals surface area contributed by atoms with Gasteiger partial charge in [0.05, 0.1) is 10.6 Å². The van der Waals surface area contributed by atoms with Crippen molar-refractivity contribution in [2.24, 2.45) is 0 Å². The molecule has 2 aliphatic heterocycles. The lowest BCUT2D eigenvalue weighted by Crippen LogP contribution is -2.46. The first kappa shape index (κ1) is 19.9. The molecule has 1 saturated heterocycles. The van der Waals surface area contributed by atoms with Crippen LogP contribution in [0.2, 0.25) is 0 Å². The Bertz CT molecular complexity index is 759. The highest BCUT2D eigenvalue weighted by molar-refractivity contribution is 7.91. The van der Waals surface area contributed by atoms with Gasteiger partial charge >= 0.3 is 0 Å². The van der Waals surface area contributed by atoms with E-state index in [1.54, 1.807) is 6.07 Å². The van der Waals surface area contributed by atoms with E-state index in [4.69, 9.17) is 9.47 Å². The van der Waals surface area contributed by atoms with E-state index in [9.17, 15) is 13.2 Å². The molecule has 2 aliphatic rings. The van der Waals surface area contributed by atoms with Gasteiger partial charge in [-0.3, -0.25) is 4.79 Å². The highest BCUT2D eigenvalue weighted by atomic mass is 32.2. The first-order chi connectivity index (χ1) is 13.0. The molecule has 0 atom stereocenters. The maximum Gasteiger partial charge on any atom is 0.223 e. The number of nitrogens with one attached hydrogen (secondary N) is 1. The fourth-order valence-electron chi connectivity index (χ4n) is 3.57. The van der Waals surface area contributed by atoms with Gasteiger partial charge in [-0.25, -0.2) is 8.42 Å². The Hall–Kier alpha value is -1.80. The van der Waals surface area contributed by atoms with Gasteiger partial charge in [-0.15, -0.1) is 0 Å². The molecule has 1 aromatic rings. The molecule has 8 heteroatoms. The summed E-state index contributed by atoms with van der Waals surface area (Å²) in [6.07, 6.45) is 2.70. The third-order valence-corrected chi connectivity index (χ3v) is 6.71. The van der Waals surface area contributed by atoms with E-state index in [1.165, 1.54) is 12.1 Å². The average Bonchev–Trinajstić information content (AvgIpc) is 2.70. The van der Waals surface area contributed by atoms with Crippen molar-refractivity contribution in [1.82, 2.24) is 10.2 Å². The Morgan fingerprint density at radius 1 is 1.19 bits per heavy atom. The lowest BCUT2D eigenvalue weighted by molar-refractivity contribution is -0.133. The van der Waals surface area contributed by atoms with Gasteiger partial charge in [0.1, 0.15) is 13.2 Å². The number of nitrogens with zero attached hydrogens (tertiary/aromatic N) is 1. The second-order valence-electron chi connectivity index (χ2n) is 6.94. The number of piperidine rings is 1. The average molecular weight is 397 g/mol. The van der Waals surface area contributed by atoms with Gasteiger partial charge in [0.15, 0.2) is 21.3 Å². The first-order valence-corrected chi connectivity index (χ1v) is 11.3. The topological polar surface area (TPSA) is 84.9 Å². The van der Waals surface area contributed by atoms with Crippen molar-refractivity contribution in [3.05, 3.63) is 18.2 Å². The molecule has 1 amide bonds. The Morgan fingerprint density at radius 2 is 1.89 bits per heavy atom. The molecule has 1 aromatic carbocycles. The van der Waals surface area contributed by atoms with Crippen LogP contribution in [0.3, 0.4) is 0 Å². The molecule has 1 fully saturated rings. The second-order valence-corrected chi connectivity index (χ2v) is 9.05. The van der Waals surface area contributed by atoms with Gasteiger partial charge in [-0.2, -0.15) is 0 Å². The molecule has 3 rings (SSSR count). The van der Waals surface area contributed by atoms with Crippen LogP contribution in [0.25, 0.3) is 0 Å². The summed E-state index contributed by atoms with van der Waals surface area (Å²) in [6.45, 7) is 5.36. The van der Waals surface area contributed by atoms with E-state index < -0.39 is 9.84 Å². The number of benzene rings is 1. The van der Waals surface area contributed by atoms with Crippen molar-refractivity contribution < 1.29 is 22.7 Å². The summed E-state index contributed by atoms with van der Waals surface area (Å²) in [5.74, 6) is 0.716. The Labute approximate surface area is 160 Å². The summed E-state index contributed by atoms with van der Waals surface area (Å²) in [5, 5.41) is 3.30. The van der Waals surface area contributed by atoms with Crippen LogP contribution in [0, 0.1) is 0 Å². The molecule has 1 N–H and O–H groups in total. The van der Waals surface area contributed by atoms with E-state index in [1.807, 2.05) is 11.8 Å². The molecule has 2 heterocycles. The molecular formula is C19H28N2O5S. The van der Waals surface area contributed by atoms with Crippen molar-refractivity contribution in [2.75, 3.05) is 38.6 Å². The molecule has 0 aliphatic carbocycles. The highest BCUT2D eigenvalue weighted by Gasteiger charge is 2.27. The smallest absolute Gasteiger partial charge is 0.223 e. The second kappa shape index (κ2) is 8.93. The van der Waals surface area contributed by atoms with E-state index in [2.05, 4.69) is 5.32 Å². The molecule has 0 unspecified atom stereocenters. The van der Waals surface area contributed by atoms with Crippen molar-refractivity contribution in [3.8, 4) is 11.5 Å². The van der Waals surface area contributed by atoms with Gasteiger partial charge in [0, 0.05) is 25.1 Å². The predicted molar refractivity (Wildman–Crippen MR) is 102 cm³/mol. The number of carbonyl (C=O) groups excluding carboxylic acids is 1. The third-order valence-electron chi connectivity index (χ3n) is 4.99. The maximum atomic E-state index is 12.7. The van der Waals surface area contributed by atoms with Gasteiger partial charge in [-0.1, -0.05) is 6.92 Å². The minimum atomic E-state index is -3.56. The summed E-state index contributed by atoms with van der Waals surface area (Å²) in [5.41, 5.74) is 0. The van der Waals surface area contributed by atoms with Crippen LogP contribution < -0.4 is 14.8 Å². The number of ether oxygens (including phenoxy) is 2. The van der Waals surface area contributed by atoms with Crippen LogP contribution in [0.1, 0.15) is 32.6 Å². The molecule has 27 heavy (non-hydrogen) atoms. The fraction of sp³-hybridized carbons (Fsp3) is 0.632. The largest absolute Gasteiger partial charge is 0.486 e. The third kappa shape index (κ3) is 4.93. The van der Waals surface area contributed by atoms with Crippen molar-refractivity contribution in [2.45, 2.75) is 43.5 Å². The van der Waals surface area contributed by atoms with Crippen molar-refractivity contribution in [3.63, 3.8) is 0 Å². The van der Waals surface area contributed by atoms with Crippen LogP contribution >= 0.6 is 0 Å².